The molecule has 56 heavy (non-hydrogen) atoms. The second-order valence-electron chi connectivity index (χ2n) is 13.2. The van der Waals surface area contributed by atoms with Gasteiger partial charge in [0.15, 0.2) is 11.4 Å². The fourth-order valence-electron chi connectivity index (χ4n) is 7.84. The minimum absolute atomic E-state index is 0.161. The number of halogens is 3. The van der Waals surface area contributed by atoms with Gasteiger partial charge in [0.2, 0.25) is 0 Å². The second-order valence-corrected chi connectivity index (χ2v) is 13.2. The number of fused-ring (bicyclic) bond motifs is 6. The molecule has 0 amide bonds. The first kappa shape index (κ1) is 33.7. The molecule has 262 valence electrons. The average Bonchev–Trinajstić information content (AvgIpc) is 3.74. The highest BCUT2D eigenvalue weighted by Crippen LogP contribution is 2.45. The standard InChI is InChI=1S/C47H23F3N6/c1-53-32-17-21-43-37(25-32)35-10-4-5-11-40(35)55(43)44-20-15-29(33-18-16-31(47(48,49)50)24-39(33)54-2)23-38(44)46-30(27-52)8-7-13-45(46)56-41-12-6-3-9-34(41)36-22-28(26-51)14-19-42(36)56/h3-25H. The number of benzene rings is 7. The largest absolute Gasteiger partial charge is 0.415 e. The van der Waals surface area contributed by atoms with Crippen molar-refractivity contribution in [3.8, 4) is 45.8 Å². The molecule has 0 atom stereocenters. The van der Waals surface area contributed by atoms with Crippen LogP contribution in [0.25, 0.3) is 86.9 Å². The third kappa shape index (κ3) is 5.16. The van der Waals surface area contributed by atoms with Gasteiger partial charge >= 0.3 is 6.18 Å². The highest BCUT2D eigenvalue weighted by atomic mass is 19.4. The summed E-state index contributed by atoms with van der Waals surface area (Å²) >= 11 is 0. The Kier molecular flexibility index (Phi) is 7.69. The zero-order valence-corrected chi connectivity index (χ0v) is 29.1. The van der Waals surface area contributed by atoms with Crippen molar-refractivity contribution in [2.24, 2.45) is 0 Å². The van der Waals surface area contributed by atoms with Gasteiger partial charge in [0.25, 0.3) is 0 Å². The summed E-state index contributed by atoms with van der Waals surface area (Å²) in [7, 11) is 0. The summed E-state index contributed by atoms with van der Waals surface area (Å²) in [5.74, 6) is 0. The van der Waals surface area contributed by atoms with E-state index in [2.05, 4.69) is 31.0 Å². The summed E-state index contributed by atoms with van der Waals surface area (Å²) in [5, 5.41) is 24.1. The van der Waals surface area contributed by atoms with Crippen molar-refractivity contribution in [1.82, 2.24) is 9.13 Å². The zero-order chi connectivity index (χ0) is 38.7. The molecule has 9 rings (SSSR count). The van der Waals surface area contributed by atoms with Crippen LogP contribution in [0.5, 0.6) is 0 Å². The Morgan fingerprint density at radius 2 is 1.20 bits per heavy atom. The molecule has 0 radical (unpaired) electrons. The molecule has 0 bridgehead atoms. The lowest BCUT2D eigenvalue weighted by molar-refractivity contribution is -0.137. The zero-order valence-electron chi connectivity index (χ0n) is 29.1. The summed E-state index contributed by atoms with van der Waals surface area (Å²) in [6, 6.07) is 45.4. The van der Waals surface area contributed by atoms with Gasteiger partial charge in [-0.25, -0.2) is 9.69 Å². The third-order valence-electron chi connectivity index (χ3n) is 10.3. The van der Waals surface area contributed by atoms with Crippen LogP contribution in [0.4, 0.5) is 24.5 Å². The monoisotopic (exact) mass is 728 g/mol. The van der Waals surface area contributed by atoms with E-state index in [0.717, 1.165) is 55.7 Å². The van der Waals surface area contributed by atoms with Crippen molar-refractivity contribution in [2.75, 3.05) is 0 Å². The molecule has 9 heteroatoms. The lowest BCUT2D eigenvalue weighted by atomic mass is 9.92. The van der Waals surface area contributed by atoms with Crippen molar-refractivity contribution in [2.45, 2.75) is 6.18 Å². The lowest BCUT2D eigenvalue weighted by Crippen LogP contribution is -2.05. The van der Waals surface area contributed by atoms with Crippen molar-refractivity contribution >= 4 is 55.0 Å². The number of aromatic nitrogens is 2. The van der Waals surface area contributed by atoms with Gasteiger partial charge in [0, 0.05) is 32.8 Å². The van der Waals surface area contributed by atoms with Crippen LogP contribution in [0.3, 0.4) is 0 Å². The van der Waals surface area contributed by atoms with E-state index in [1.807, 2.05) is 97.1 Å². The molecule has 6 nitrogen and oxygen atoms in total. The van der Waals surface area contributed by atoms with Crippen LogP contribution >= 0.6 is 0 Å². The van der Waals surface area contributed by atoms with Crippen LogP contribution in [0.2, 0.25) is 0 Å². The molecule has 2 heterocycles. The first-order valence-corrected chi connectivity index (χ1v) is 17.4. The molecule has 2 aromatic heterocycles. The molecule has 0 aliphatic carbocycles. The van der Waals surface area contributed by atoms with Crippen LogP contribution in [0.15, 0.2) is 140 Å². The van der Waals surface area contributed by atoms with Crippen LogP contribution in [0.1, 0.15) is 16.7 Å². The summed E-state index contributed by atoms with van der Waals surface area (Å²) in [5.41, 5.74) is 6.80. The van der Waals surface area contributed by atoms with E-state index in [0.29, 0.717) is 50.4 Å². The Balaban J connectivity index is 1.43. The molecule has 0 spiro atoms. The summed E-state index contributed by atoms with van der Waals surface area (Å²) < 4.78 is 45.5. The lowest BCUT2D eigenvalue weighted by Gasteiger charge is -2.21. The van der Waals surface area contributed by atoms with Gasteiger partial charge in [0.1, 0.15) is 0 Å². The van der Waals surface area contributed by atoms with E-state index < -0.39 is 11.7 Å². The van der Waals surface area contributed by atoms with E-state index in [1.165, 1.54) is 6.07 Å². The molecule has 0 unspecified atom stereocenters. The van der Waals surface area contributed by atoms with E-state index in [1.54, 1.807) is 24.3 Å². The highest BCUT2D eigenvalue weighted by Gasteiger charge is 2.31. The number of hydrogen-bond acceptors (Lipinski definition) is 2. The van der Waals surface area contributed by atoms with Gasteiger partial charge < -0.3 is 9.13 Å². The summed E-state index contributed by atoms with van der Waals surface area (Å²) in [4.78, 5) is 7.18. The van der Waals surface area contributed by atoms with Gasteiger partial charge in [-0.05, 0) is 89.3 Å². The van der Waals surface area contributed by atoms with Gasteiger partial charge in [0.05, 0.1) is 69.9 Å². The highest BCUT2D eigenvalue weighted by molar-refractivity contribution is 6.12. The third-order valence-corrected chi connectivity index (χ3v) is 10.3. The Morgan fingerprint density at radius 3 is 1.86 bits per heavy atom. The fraction of sp³-hybridized carbons (Fsp3) is 0.0213. The summed E-state index contributed by atoms with van der Waals surface area (Å²) in [6.45, 7) is 15.6. The molecule has 0 saturated carbocycles. The number of nitriles is 2. The van der Waals surface area contributed by atoms with Gasteiger partial charge in [-0.2, -0.15) is 23.7 Å². The van der Waals surface area contributed by atoms with Crippen molar-refractivity contribution in [3.05, 3.63) is 179 Å². The van der Waals surface area contributed by atoms with Crippen molar-refractivity contribution < 1.29 is 13.2 Å². The van der Waals surface area contributed by atoms with Crippen molar-refractivity contribution in [1.29, 1.82) is 10.5 Å². The molecular formula is C47H23F3N6. The van der Waals surface area contributed by atoms with Gasteiger partial charge in [-0.15, -0.1) is 0 Å². The molecule has 7 aromatic carbocycles. The van der Waals surface area contributed by atoms with Crippen LogP contribution in [0, 0.1) is 35.8 Å². The molecule has 0 aliphatic heterocycles. The molecule has 9 aromatic rings. The fourth-order valence-corrected chi connectivity index (χ4v) is 7.84. The predicted molar refractivity (Wildman–Crippen MR) is 213 cm³/mol. The van der Waals surface area contributed by atoms with E-state index in [4.69, 9.17) is 13.1 Å². The minimum atomic E-state index is -4.63. The van der Waals surface area contributed by atoms with Gasteiger partial charge in [-0.3, -0.25) is 0 Å². The number of hydrogen-bond donors (Lipinski definition) is 0. The van der Waals surface area contributed by atoms with Crippen LogP contribution < -0.4 is 0 Å². The Morgan fingerprint density at radius 1 is 0.536 bits per heavy atom. The maximum atomic E-state index is 13.8. The van der Waals surface area contributed by atoms with Crippen LogP contribution in [-0.2, 0) is 6.18 Å². The quantitative estimate of drug-likeness (QED) is 0.169. The SMILES string of the molecule is [C-]#[N+]c1ccc2c(c1)c1ccccc1n2-c1ccc(-c2ccc(C(F)(F)F)cc2[N+]#[C-])cc1-c1c(C#N)cccc1-n1c2ccccc2c2cc(C#N)ccc21. The molecule has 0 N–H and O–H groups in total. The summed E-state index contributed by atoms with van der Waals surface area (Å²) in [6.07, 6.45) is -4.63. The molecule has 0 saturated heterocycles. The maximum absolute atomic E-state index is 13.8. The Hall–Kier alpha value is -8.11. The number of alkyl halides is 3. The smallest absolute Gasteiger partial charge is 0.309 e. The molecular weight excluding hydrogens is 706 g/mol. The predicted octanol–water partition coefficient (Wildman–Crippen LogP) is 13.1. The molecule has 0 aliphatic rings. The first-order chi connectivity index (χ1) is 27.2. The topological polar surface area (TPSA) is 66.2 Å². The molecule has 0 fully saturated rings. The first-order valence-electron chi connectivity index (χ1n) is 17.4. The number of para-hydroxylation sites is 2. The van der Waals surface area contributed by atoms with Gasteiger partial charge in [-0.1, -0.05) is 66.7 Å². The van der Waals surface area contributed by atoms with E-state index in [-0.39, 0.29) is 5.69 Å². The number of nitrogens with zero attached hydrogens (tertiary/aromatic N) is 6. The van der Waals surface area contributed by atoms with E-state index >= 15 is 0 Å². The Bertz CT molecular complexity index is 3300. The maximum Gasteiger partial charge on any atom is 0.415 e. The second kappa shape index (κ2) is 12.8. The number of rotatable bonds is 4. The van der Waals surface area contributed by atoms with Crippen LogP contribution in [-0.4, -0.2) is 9.13 Å². The Labute approximate surface area is 318 Å². The normalized spacial score (nSPS) is 11.4. The van der Waals surface area contributed by atoms with E-state index in [9.17, 15) is 23.7 Å². The van der Waals surface area contributed by atoms with Crippen molar-refractivity contribution in [3.63, 3.8) is 0 Å². The average molecular weight is 729 g/mol. The minimum Gasteiger partial charge on any atom is -0.309 e.